The Morgan fingerprint density at radius 3 is 2.42 bits per heavy atom. The Bertz CT molecular complexity index is 745. The third-order valence-corrected chi connectivity index (χ3v) is 4.09. The summed E-state index contributed by atoms with van der Waals surface area (Å²) in [5, 5.41) is 2.80. The number of benzene rings is 2. The highest BCUT2D eigenvalue weighted by atomic mass is 19.4. The second-order valence-electron chi connectivity index (χ2n) is 6.01. The zero-order valence-corrected chi connectivity index (χ0v) is 14.8. The molecule has 0 saturated heterocycles. The summed E-state index contributed by atoms with van der Waals surface area (Å²) < 4.78 is 42.9. The summed E-state index contributed by atoms with van der Waals surface area (Å²) in [7, 11) is 3.29. The highest BCUT2D eigenvalue weighted by Crippen LogP contribution is 2.29. The van der Waals surface area contributed by atoms with E-state index in [1.54, 1.807) is 50.2 Å². The van der Waals surface area contributed by atoms with Gasteiger partial charge in [-0.3, -0.25) is 9.69 Å². The maximum absolute atomic E-state index is 12.6. The van der Waals surface area contributed by atoms with Crippen molar-refractivity contribution in [3.63, 3.8) is 0 Å². The fourth-order valence-corrected chi connectivity index (χ4v) is 2.37. The van der Waals surface area contributed by atoms with Gasteiger partial charge in [-0.15, -0.1) is 0 Å². The van der Waals surface area contributed by atoms with Crippen LogP contribution in [0.15, 0.2) is 48.5 Å². The third kappa shape index (κ3) is 5.23. The van der Waals surface area contributed by atoms with Gasteiger partial charge in [-0.1, -0.05) is 18.2 Å². The average molecular weight is 366 g/mol. The number of anilines is 1. The van der Waals surface area contributed by atoms with Crippen LogP contribution in [0.3, 0.4) is 0 Å². The Balaban J connectivity index is 1.97. The standard InChI is InChI=1S/C19H21F3N2O2/c1-13(18(25)23-16-5-4-6-17(11-16)26-3)24(2)12-14-7-9-15(10-8-14)19(20,21)22/h4-11,13H,12H2,1-3H3,(H,23,25)/t13-/m0/s1. The number of likely N-dealkylation sites (N-methyl/N-ethyl adjacent to an activating group) is 1. The summed E-state index contributed by atoms with van der Waals surface area (Å²) >= 11 is 0. The molecule has 0 radical (unpaired) electrons. The van der Waals surface area contributed by atoms with Crippen LogP contribution in [0.4, 0.5) is 18.9 Å². The minimum atomic E-state index is -4.35. The fraction of sp³-hybridized carbons (Fsp3) is 0.316. The van der Waals surface area contributed by atoms with E-state index in [0.29, 0.717) is 23.5 Å². The molecule has 140 valence electrons. The van der Waals surface area contributed by atoms with E-state index >= 15 is 0 Å². The van der Waals surface area contributed by atoms with Crippen LogP contribution in [0, 0.1) is 0 Å². The van der Waals surface area contributed by atoms with E-state index in [1.165, 1.54) is 12.1 Å². The molecule has 7 heteroatoms. The number of halogens is 3. The van der Waals surface area contributed by atoms with Crippen molar-refractivity contribution in [1.82, 2.24) is 4.90 Å². The smallest absolute Gasteiger partial charge is 0.416 e. The van der Waals surface area contributed by atoms with Gasteiger partial charge in [-0.25, -0.2) is 0 Å². The highest BCUT2D eigenvalue weighted by molar-refractivity contribution is 5.94. The lowest BCUT2D eigenvalue weighted by atomic mass is 10.1. The molecule has 0 heterocycles. The minimum absolute atomic E-state index is 0.215. The molecule has 4 nitrogen and oxygen atoms in total. The average Bonchev–Trinajstić information content (AvgIpc) is 2.60. The van der Waals surface area contributed by atoms with Crippen molar-refractivity contribution in [1.29, 1.82) is 0 Å². The fourth-order valence-electron chi connectivity index (χ4n) is 2.37. The molecule has 1 amide bonds. The van der Waals surface area contributed by atoms with Crippen LogP contribution >= 0.6 is 0 Å². The number of nitrogens with one attached hydrogen (secondary N) is 1. The van der Waals surface area contributed by atoms with Crippen molar-refractivity contribution < 1.29 is 22.7 Å². The van der Waals surface area contributed by atoms with Crippen molar-refractivity contribution >= 4 is 11.6 Å². The molecule has 0 aliphatic rings. The molecular weight excluding hydrogens is 345 g/mol. The molecule has 0 aliphatic carbocycles. The molecule has 2 rings (SSSR count). The molecule has 2 aromatic rings. The molecule has 0 aromatic heterocycles. The number of methoxy groups -OCH3 is 1. The predicted octanol–water partition coefficient (Wildman–Crippen LogP) is 4.17. The van der Waals surface area contributed by atoms with Crippen molar-refractivity contribution in [3.8, 4) is 5.75 Å². The Morgan fingerprint density at radius 2 is 1.85 bits per heavy atom. The Labute approximate surface area is 150 Å². The molecule has 0 saturated carbocycles. The van der Waals surface area contributed by atoms with E-state index in [0.717, 1.165) is 12.1 Å². The summed E-state index contributed by atoms with van der Waals surface area (Å²) in [4.78, 5) is 14.1. The van der Waals surface area contributed by atoms with Gasteiger partial charge in [0.2, 0.25) is 5.91 Å². The molecule has 0 unspecified atom stereocenters. The Hall–Kier alpha value is -2.54. The normalized spacial score (nSPS) is 12.7. The van der Waals surface area contributed by atoms with Gasteiger partial charge in [0, 0.05) is 18.3 Å². The minimum Gasteiger partial charge on any atom is -0.497 e. The number of ether oxygens (including phenoxy) is 1. The van der Waals surface area contributed by atoms with Gasteiger partial charge in [0.15, 0.2) is 0 Å². The number of amides is 1. The topological polar surface area (TPSA) is 41.6 Å². The SMILES string of the molecule is COc1cccc(NC(=O)[C@H](C)N(C)Cc2ccc(C(F)(F)F)cc2)c1. The number of hydrogen-bond acceptors (Lipinski definition) is 3. The van der Waals surface area contributed by atoms with Crippen molar-refractivity contribution in [2.45, 2.75) is 25.7 Å². The second kappa shape index (κ2) is 8.23. The first-order chi connectivity index (χ1) is 12.2. The number of alkyl halides is 3. The van der Waals surface area contributed by atoms with Crippen LogP contribution in [0.2, 0.25) is 0 Å². The van der Waals surface area contributed by atoms with E-state index in [-0.39, 0.29) is 5.91 Å². The Morgan fingerprint density at radius 1 is 1.19 bits per heavy atom. The van der Waals surface area contributed by atoms with Crippen molar-refractivity contribution in [2.75, 3.05) is 19.5 Å². The zero-order valence-electron chi connectivity index (χ0n) is 14.8. The number of carbonyl (C=O) groups is 1. The van der Waals surface area contributed by atoms with Gasteiger partial charge in [-0.05, 0) is 43.8 Å². The monoisotopic (exact) mass is 366 g/mol. The zero-order chi connectivity index (χ0) is 19.3. The van der Waals surface area contributed by atoms with Crippen LogP contribution in [0.25, 0.3) is 0 Å². The van der Waals surface area contributed by atoms with Gasteiger partial charge >= 0.3 is 6.18 Å². The van der Waals surface area contributed by atoms with Gasteiger partial charge in [0.1, 0.15) is 5.75 Å². The quantitative estimate of drug-likeness (QED) is 0.834. The first-order valence-electron chi connectivity index (χ1n) is 8.02. The molecule has 26 heavy (non-hydrogen) atoms. The maximum Gasteiger partial charge on any atom is 0.416 e. The van der Waals surface area contributed by atoms with Crippen LogP contribution in [0.5, 0.6) is 5.75 Å². The Kier molecular flexibility index (Phi) is 6.26. The van der Waals surface area contributed by atoms with E-state index in [2.05, 4.69) is 5.32 Å². The van der Waals surface area contributed by atoms with E-state index in [1.807, 2.05) is 0 Å². The largest absolute Gasteiger partial charge is 0.497 e. The van der Waals surface area contributed by atoms with E-state index in [4.69, 9.17) is 4.74 Å². The van der Waals surface area contributed by atoms with E-state index < -0.39 is 17.8 Å². The summed E-state index contributed by atoms with van der Waals surface area (Å²) in [5.41, 5.74) is 0.623. The van der Waals surface area contributed by atoms with Crippen LogP contribution in [0.1, 0.15) is 18.1 Å². The first kappa shape index (κ1) is 19.8. The summed E-state index contributed by atoms with van der Waals surface area (Å²) in [6, 6.07) is 11.5. The lowest BCUT2D eigenvalue weighted by Crippen LogP contribution is -2.39. The summed E-state index contributed by atoms with van der Waals surface area (Å²) in [6.45, 7) is 2.09. The van der Waals surface area contributed by atoms with Crippen LogP contribution in [-0.4, -0.2) is 31.0 Å². The lowest BCUT2D eigenvalue weighted by Gasteiger charge is -2.24. The maximum atomic E-state index is 12.6. The third-order valence-electron chi connectivity index (χ3n) is 4.09. The molecule has 1 N–H and O–H groups in total. The molecule has 0 aliphatic heterocycles. The summed E-state index contributed by atoms with van der Waals surface area (Å²) in [6.07, 6.45) is -4.35. The number of nitrogens with zero attached hydrogens (tertiary/aromatic N) is 1. The molecule has 0 bridgehead atoms. The predicted molar refractivity (Wildman–Crippen MR) is 94.0 cm³/mol. The lowest BCUT2D eigenvalue weighted by molar-refractivity contribution is -0.137. The van der Waals surface area contributed by atoms with Gasteiger partial charge in [-0.2, -0.15) is 13.2 Å². The molecule has 0 fully saturated rings. The van der Waals surface area contributed by atoms with Crippen molar-refractivity contribution in [2.24, 2.45) is 0 Å². The van der Waals surface area contributed by atoms with Crippen molar-refractivity contribution in [3.05, 3.63) is 59.7 Å². The summed E-state index contributed by atoms with van der Waals surface area (Å²) in [5.74, 6) is 0.418. The van der Waals surface area contributed by atoms with Gasteiger partial charge in [0.25, 0.3) is 0 Å². The van der Waals surface area contributed by atoms with E-state index in [9.17, 15) is 18.0 Å². The molecular formula is C19H21F3N2O2. The molecule has 2 aromatic carbocycles. The van der Waals surface area contributed by atoms with Gasteiger partial charge < -0.3 is 10.1 Å². The number of rotatable bonds is 6. The molecule has 1 atom stereocenters. The van der Waals surface area contributed by atoms with Gasteiger partial charge in [0.05, 0.1) is 18.7 Å². The first-order valence-corrected chi connectivity index (χ1v) is 8.02. The molecule has 0 spiro atoms. The van der Waals surface area contributed by atoms with Crippen LogP contribution < -0.4 is 10.1 Å². The number of hydrogen-bond donors (Lipinski definition) is 1. The second-order valence-corrected chi connectivity index (χ2v) is 6.01. The number of carbonyl (C=O) groups excluding carboxylic acids is 1. The highest BCUT2D eigenvalue weighted by Gasteiger charge is 2.30. The van der Waals surface area contributed by atoms with Crippen LogP contribution in [-0.2, 0) is 17.5 Å².